The fourth-order valence-corrected chi connectivity index (χ4v) is 1.47. The number of H-pyrrole nitrogens is 1. The molecule has 0 saturated heterocycles. The number of hydrazone groups is 1. The Morgan fingerprint density at radius 2 is 2.06 bits per heavy atom. The molecule has 0 bridgehead atoms. The van der Waals surface area contributed by atoms with Crippen LogP contribution in [0.25, 0.3) is 0 Å². The highest BCUT2D eigenvalue weighted by Gasteiger charge is 2.08. The molecule has 0 aliphatic rings. The summed E-state index contributed by atoms with van der Waals surface area (Å²) in [4.78, 5) is 11.7. The van der Waals surface area contributed by atoms with E-state index in [2.05, 4.69) is 20.7 Å². The van der Waals surface area contributed by atoms with E-state index in [0.717, 1.165) is 17.0 Å². The van der Waals surface area contributed by atoms with E-state index in [1.165, 1.54) is 0 Å². The van der Waals surface area contributed by atoms with Gasteiger partial charge < -0.3 is 0 Å². The van der Waals surface area contributed by atoms with E-state index in [1.807, 2.05) is 44.2 Å². The summed E-state index contributed by atoms with van der Waals surface area (Å²) in [5, 5.41) is 10.6. The molecule has 0 aliphatic carbocycles. The predicted molar refractivity (Wildman–Crippen MR) is 69.4 cm³/mol. The van der Waals surface area contributed by atoms with E-state index in [0.29, 0.717) is 5.69 Å². The number of amides is 1. The van der Waals surface area contributed by atoms with Crippen LogP contribution in [0.2, 0.25) is 0 Å². The van der Waals surface area contributed by atoms with Crippen LogP contribution in [0.4, 0.5) is 0 Å². The Hall–Kier alpha value is -2.43. The van der Waals surface area contributed by atoms with Gasteiger partial charge in [0, 0.05) is 5.69 Å². The number of hydrogen-bond donors (Lipinski definition) is 2. The van der Waals surface area contributed by atoms with E-state index in [4.69, 9.17) is 0 Å². The molecule has 0 atom stereocenters. The quantitative estimate of drug-likeness (QED) is 0.637. The number of aromatic amines is 1. The highest BCUT2D eigenvalue weighted by Crippen LogP contribution is 2.01. The molecule has 0 unspecified atom stereocenters. The fraction of sp³-hybridized carbons (Fsp3) is 0.154. The molecule has 0 radical (unpaired) electrons. The van der Waals surface area contributed by atoms with Crippen LogP contribution in [0.3, 0.4) is 0 Å². The molecule has 92 valence electrons. The summed E-state index contributed by atoms with van der Waals surface area (Å²) >= 11 is 0. The zero-order valence-corrected chi connectivity index (χ0v) is 10.3. The first-order valence-corrected chi connectivity index (χ1v) is 5.59. The molecular formula is C13H14N4O. The summed E-state index contributed by atoms with van der Waals surface area (Å²) in [6.45, 7) is 3.67. The van der Waals surface area contributed by atoms with Gasteiger partial charge in [-0.15, -0.1) is 0 Å². The van der Waals surface area contributed by atoms with Crippen molar-refractivity contribution >= 4 is 11.6 Å². The van der Waals surface area contributed by atoms with Crippen LogP contribution in [0, 0.1) is 6.92 Å². The number of carbonyl (C=O) groups excluding carboxylic acids is 1. The molecule has 2 N–H and O–H groups in total. The van der Waals surface area contributed by atoms with Crippen LogP contribution >= 0.6 is 0 Å². The van der Waals surface area contributed by atoms with Crippen LogP contribution in [-0.2, 0) is 0 Å². The minimum Gasteiger partial charge on any atom is -0.282 e. The second-order valence-electron chi connectivity index (χ2n) is 3.94. The van der Waals surface area contributed by atoms with Crippen molar-refractivity contribution in [3.05, 3.63) is 53.3 Å². The van der Waals surface area contributed by atoms with Crippen molar-refractivity contribution in [3.63, 3.8) is 0 Å². The lowest BCUT2D eigenvalue weighted by Crippen LogP contribution is -2.19. The normalized spacial score (nSPS) is 11.3. The number of nitrogens with zero attached hydrogens (tertiary/aromatic N) is 2. The standard InChI is InChI=1S/C13H14N4O/c1-9-8-12(16-14-9)13(18)17-15-10(2)11-6-4-3-5-7-11/h3-8H,1-2H3,(H,14,16)(H,17,18)/b15-10-. The average molecular weight is 242 g/mol. The van der Waals surface area contributed by atoms with Gasteiger partial charge in [-0.25, -0.2) is 5.43 Å². The smallest absolute Gasteiger partial charge is 0.282 e. The van der Waals surface area contributed by atoms with E-state index in [1.54, 1.807) is 6.07 Å². The fourth-order valence-electron chi connectivity index (χ4n) is 1.47. The lowest BCUT2D eigenvalue weighted by Gasteiger charge is -2.00. The third-order valence-electron chi connectivity index (χ3n) is 2.46. The van der Waals surface area contributed by atoms with Gasteiger partial charge in [-0.2, -0.15) is 10.2 Å². The summed E-state index contributed by atoms with van der Waals surface area (Å²) < 4.78 is 0. The Bertz CT molecular complexity index is 572. The first kappa shape index (κ1) is 12.0. The third-order valence-corrected chi connectivity index (χ3v) is 2.46. The summed E-state index contributed by atoms with van der Waals surface area (Å²) in [5.74, 6) is -0.324. The molecule has 1 aromatic carbocycles. The minimum absolute atomic E-state index is 0.324. The highest BCUT2D eigenvalue weighted by atomic mass is 16.2. The maximum atomic E-state index is 11.7. The number of aromatic nitrogens is 2. The average Bonchev–Trinajstić information content (AvgIpc) is 2.83. The maximum absolute atomic E-state index is 11.7. The van der Waals surface area contributed by atoms with Gasteiger partial charge in [0.2, 0.25) is 0 Å². The zero-order chi connectivity index (χ0) is 13.0. The number of nitrogens with one attached hydrogen (secondary N) is 2. The molecule has 1 heterocycles. The lowest BCUT2D eigenvalue weighted by atomic mass is 10.1. The second-order valence-corrected chi connectivity index (χ2v) is 3.94. The SMILES string of the molecule is C/C(=N/NC(=O)c1cc(C)[nH]n1)c1ccccc1. The largest absolute Gasteiger partial charge is 0.291 e. The summed E-state index contributed by atoms with van der Waals surface area (Å²) in [6, 6.07) is 11.3. The molecular weight excluding hydrogens is 228 g/mol. The van der Waals surface area contributed by atoms with Crippen molar-refractivity contribution in [2.45, 2.75) is 13.8 Å². The van der Waals surface area contributed by atoms with Gasteiger partial charge in [0.15, 0.2) is 5.69 Å². The van der Waals surface area contributed by atoms with Gasteiger partial charge in [0.25, 0.3) is 5.91 Å². The van der Waals surface area contributed by atoms with E-state index in [9.17, 15) is 4.79 Å². The Balaban J connectivity index is 2.05. The monoisotopic (exact) mass is 242 g/mol. The van der Waals surface area contributed by atoms with E-state index >= 15 is 0 Å². The molecule has 0 fully saturated rings. The van der Waals surface area contributed by atoms with Gasteiger partial charge in [-0.1, -0.05) is 30.3 Å². The van der Waals surface area contributed by atoms with Gasteiger partial charge >= 0.3 is 0 Å². The molecule has 0 saturated carbocycles. The van der Waals surface area contributed by atoms with Crippen LogP contribution in [0.15, 0.2) is 41.5 Å². The summed E-state index contributed by atoms with van der Waals surface area (Å²) in [5.41, 5.74) is 5.36. The Morgan fingerprint density at radius 1 is 1.33 bits per heavy atom. The molecule has 5 nitrogen and oxygen atoms in total. The summed E-state index contributed by atoms with van der Waals surface area (Å²) in [7, 11) is 0. The van der Waals surface area contributed by atoms with Gasteiger partial charge in [0.05, 0.1) is 5.71 Å². The third kappa shape index (κ3) is 2.82. The molecule has 1 aromatic heterocycles. The number of carbonyl (C=O) groups is 1. The van der Waals surface area contributed by atoms with Crippen LogP contribution < -0.4 is 5.43 Å². The van der Waals surface area contributed by atoms with Crippen molar-refractivity contribution in [3.8, 4) is 0 Å². The second kappa shape index (κ2) is 5.27. The Labute approximate surface area is 105 Å². The number of benzene rings is 1. The van der Waals surface area contributed by atoms with E-state index in [-0.39, 0.29) is 5.91 Å². The maximum Gasteiger partial charge on any atom is 0.291 e. The summed E-state index contributed by atoms with van der Waals surface area (Å²) in [6.07, 6.45) is 0. The first-order chi connectivity index (χ1) is 8.66. The minimum atomic E-state index is -0.324. The van der Waals surface area contributed by atoms with Gasteiger partial charge in [-0.05, 0) is 25.5 Å². The molecule has 5 heteroatoms. The molecule has 0 aliphatic heterocycles. The number of rotatable bonds is 3. The Kier molecular flexibility index (Phi) is 3.52. The molecule has 1 amide bonds. The topological polar surface area (TPSA) is 70.1 Å². The van der Waals surface area contributed by atoms with Crippen molar-refractivity contribution in [2.24, 2.45) is 5.10 Å². The predicted octanol–water partition coefficient (Wildman–Crippen LogP) is 1.87. The van der Waals surface area contributed by atoms with Gasteiger partial charge in [-0.3, -0.25) is 9.89 Å². The van der Waals surface area contributed by atoms with Gasteiger partial charge in [0.1, 0.15) is 0 Å². The molecule has 0 spiro atoms. The molecule has 2 aromatic rings. The number of aryl methyl sites for hydroxylation is 1. The Morgan fingerprint density at radius 3 is 2.67 bits per heavy atom. The molecule has 18 heavy (non-hydrogen) atoms. The first-order valence-electron chi connectivity index (χ1n) is 5.59. The van der Waals surface area contributed by atoms with Crippen LogP contribution in [0.5, 0.6) is 0 Å². The van der Waals surface area contributed by atoms with Crippen molar-refractivity contribution in [2.75, 3.05) is 0 Å². The van der Waals surface area contributed by atoms with Crippen LogP contribution in [-0.4, -0.2) is 21.8 Å². The number of hydrogen-bond acceptors (Lipinski definition) is 3. The zero-order valence-electron chi connectivity index (χ0n) is 10.3. The van der Waals surface area contributed by atoms with Crippen LogP contribution in [0.1, 0.15) is 28.7 Å². The molecule has 2 rings (SSSR count). The lowest BCUT2D eigenvalue weighted by molar-refractivity contribution is 0.0950. The highest BCUT2D eigenvalue weighted by molar-refractivity contribution is 6.00. The van der Waals surface area contributed by atoms with Crippen molar-refractivity contribution < 1.29 is 4.79 Å². The van der Waals surface area contributed by atoms with Crippen molar-refractivity contribution in [1.82, 2.24) is 15.6 Å². The van der Waals surface area contributed by atoms with Crippen molar-refractivity contribution in [1.29, 1.82) is 0 Å². The van der Waals surface area contributed by atoms with E-state index < -0.39 is 0 Å².